The van der Waals surface area contributed by atoms with Gasteiger partial charge in [-0.3, -0.25) is 9.59 Å². The SMILES string of the molecule is O=C(O)C1CCC(C(=O)N2CCC(c3ccc(-c4c(F)cccc4F)cc3)(S(=O)(=O)c3ccc(F)cc3)C2)CC1. The lowest BCUT2D eigenvalue weighted by Gasteiger charge is -2.32. The van der Waals surface area contributed by atoms with E-state index in [1.54, 1.807) is 0 Å². The quantitative estimate of drug-likeness (QED) is 0.391. The molecule has 6 nitrogen and oxygen atoms in total. The van der Waals surface area contributed by atoms with Crippen LogP contribution in [0.4, 0.5) is 13.2 Å². The van der Waals surface area contributed by atoms with Crippen LogP contribution in [0.1, 0.15) is 37.7 Å². The summed E-state index contributed by atoms with van der Waals surface area (Å²) in [7, 11) is -4.17. The minimum atomic E-state index is -4.17. The molecule has 0 spiro atoms. The van der Waals surface area contributed by atoms with Crippen molar-refractivity contribution in [2.75, 3.05) is 13.1 Å². The second-order valence-corrected chi connectivity index (χ2v) is 12.8. The van der Waals surface area contributed by atoms with Crippen LogP contribution in [0.2, 0.25) is 0 Å². The number of hydrogen-bond acceptors (Lipinski definition) is 4. The topological polar surface area (TPSA) is 91.8 Å². The first kappa shape index (κ1) is 27.9. The van der Waals surface area contributed by atoms with Crippen molar-refractivity contribution in [1.82, 2.24) is 4.90 Å². The summed E-state index contributed by atoms with van der Waals surface area (Å²) in [5.41, 5.74) is 0.349. The number of carbonyl (C=O) groups excluding carboxylic acids is 1. The molecule has 1 heterocycles. The number of nitrogens with zero attached hydrogens (tertiary/aromatic N) is 1. The number of carboxylic acid groups (broad SMARTS) is 1. The second-order valence-electron chi connectivity index (χ2n) is 10.5. The van der Waals surface area contributed by atoms with Crippen molar-refractivity contribution >= 4 is 21.7 Å². The fourth-order valence-corrected chi connectivity index (χ4v) is 8.06. The molecule has 0 radical (unpaired) electrons. The number of aliphatic carboxylic acids is 1. The van der Waals surface area contributed by atoms with Crippen LogP contribution in [0.5, 0.6) is 0 Å². The van der Waals surface area contributed by atoms with E-state index in [1.165, 1.54) is 47.4 Å². The number of hydrogen-bond donors (Lipinski definition) is 1. The van der Waals surface area contributed by atoms with Gasteiger partial charge in [0.1, 0.15) is 22.2 Å². The van der Waals surface area contributed by atoms with Crippen molar-refractivity contribution in [3.8, 4) is 11.1 Å². The molecule has 1 aliphatic heterocycles. The van der Waals surface area contributed by atoms with Gasteiger partial charge in [0.25, 0.3) is 0 Å². The van der Waals surface area contributed by atoms with Crippen LogP contribution in [0.3, 0.4) is 0 Å². The van der Waals surface area contributed by atoms with Crippen LogP contribution in [-0.2, 0) is 24.2 Å². The van der Waals surface area contributed by atoms with E-state index in [-0.39, 0.29) is 41.4 Å². The monoisotopic (exact) mass is 571 g/mol. The molecule has 10 heteroatoms. The van der Waals surface area contributed by atoms with Gasteiger partial charge in [-0.2, -0.15) is 0 Å². The second kappa shape index (κ2) is 10.7. The summed E-state index contributed by atoms with van der Waals surface area (Å²) in [6.45, 7) is -0.000379. The maximum absolute atomic E-state index is 14.4. The first-order valence-corrected chi connectivity index (χ1v) is 14.6. The molecule has 1 N–H and O–H groups in total. The number of sulfone groups is 1. The molecule has 2 aliphatic rings. The van der Waals surface area contributed by atoms with Crippen molar-refractivity contribution in [2.45, 2.75) is 41.7 Å². The van der Waals surface area contributed by atoms with Gasteiger partial charge in [-0.15, -0.1) is 0 Å². The zero-order valence-corrected chi connectivity index (χ0v) is 22.3. The van der Waals surface area contributed by atoms with Gasteiger partial charge in [0.05, 0.1) is 16.4 Å². The number of amides is 1. The zero-order valence-electron chi connectivity index (χ0n) is 21.5. The molecule has 1 aliphatic carbocycles. The molecule has 1 saturated carbocycles. The summed E-state index contributed by atoms with van der Waals surface area (Å²) >= 11 is 0. The molecule has 2 fully saturated rings. The standard InChI is InChI=1S/C30H28F3NO5S/c31-23-12-14-24(15-13-23)40(38,39)30(22-10-8-19(9-11-22)27-25(32)2-1-3-26(27)33)16-17-34(18-30)28(35)20-4-6-21(7-5-20)29(36)37/h1-3,8-15,20-21H,4-7,16-18H2,(H,36,37). The molecule has 40 heavy (non-hydrogen) atoms. The van der Waals surface area contributed by atoms with E-state index >= 15 is 0 Å². The Hall–Kier alpha value is -3.66. The van der Waals surface area contributed by atoms with E-state index in [4.69, 9.17) is 0 Å². The van der Waals surface area contributed by atoms with Crippen molar-refractivity contribution in [2.24, 2.45) is 11.8 Å². The highest BCUT2D eigenvalue weighted by Crippen LogP contribution is 2.45. The molecule has 0 aromatic heterocycles. The third-order valence-corrected chi connectivity index (χ3v) is 10.8. The lowest BCUT2D eigenvalue weighted by Crippen LogP contribution is -2.42. The van der Waals surface area contributed by atoms with E-state index in [1.807, 2.05) is 0 Å². The third kappa shape index (κ3) is 4.89. The highest BCUT2D eigenvalue weighted by atomic mass is 32.2. The van der Waals surface area contributed by atoms with E-state index < -0.39 is 49.8 Å². The number of carboxylic acids is 1. The molecule has 210 valence electrons. The fourth-order valence-electron chi connectivity index (χ4n) is 5.98. The molecular formula is C30H28F3NO5S. The Kier molecular flexibility index (Phi) is 7.48. The van der Waals surface area contributed by atoms with Crippen LogP contribution in [-0.4, -0.2) is 43.4 Å². The van der Waals surface area contributed by atoms with Crippen LogP contribution in [0.15, 0.2) is 71.6 Å². The largest absolute Gasteiger partial charge is 0.481 e. The van der Waals surface area contributed by atoms with E-state index in [0.29, 0.717) is 31.2 Å². The molecule has 5 rings (SSSR count). The van der Waals surface area contributed by atoms with Crippen molar-refractivity contribution in [3.05, 3.63) is 89.7 Å². The smallest absolute Gasteiger partial charge is 0.306 e. The van der Waals surface area contributed by atoms with Gasteiger partial charge in [0.15, 0.2) is 9.84 Å². The number of carbonyl (C=O) groups is 2. The molecule has 0 bridgehead atoms. The maximum Gasteiger partial charge on any atom is 0.306 e. The fraction of sp³-hybridized carbons (Fsp3) is 0.333. The van der Waals surface area contributed by atoms with Gasteiger partial charge in [-0.05, 0) is 79.6 Å². The van der Waals surface area contributed by atoms with Gasteiger partial charge < -0.3 is 10.0 Å². The predicted octanol–water partition coefficient (Wildman–Crippen LogP) is 5.56. The Morgan fingerprint density at radius 1 is 0.825 bits per heavy atom. The van der Waals surface area contributed by atoms with Gasteiger partial charge in [-0.1, -0.05) is 30.3 Å². The molecule has 1 unspecified atom stereocenters. The van der Waals surface area contributed by atoms with Crippen molar-refractivity contribution < 1.29 is 36.3 Å². The normalized spacial score (nSPS) is 23.2. The van der Waals surface area contributed by atoms with Crippen LogP contribution in [0.25, 0.3) is 11.1 Å². The molecule has 1 saturated heterocycles. The Labute approximate surface area is 230 Å². The summed E-state index contributed by atoms with van der Waals surface area (Å²) in [5.74, 6) is -4.08. The summed E-state index contributed by atoms with van der Waals surface area (Å²) in [4.78, 5) is 26.2. The van der Waals surface area contributed by atoms with E-state index in [2.05, 4.69) is 0 Å². The van der Waals surface area contributed by atoms with Crippen molar-refractivity contribution in [1.29, 1.82) is 0 Å². The van der Waals surface area contributed by atoms with Crippen LogP contribution in [0, 0.1) is 29.3 Å². The Balaban J connectivity index is 1.50. The number of rotatable bonds is 6. The van der Waals surface area contributed by atoms with Gasteiger partial charge in [0, 0.05) is 19.0 Å². The van der Waals surface area contributed by atoms with Gasteiger partial charge >= 0.3 is 5.97 Å². The zero-order chi connectivity index (χ0) is 28.7. The number of benzene rings is 3. The highest BCUT2D eigenvalue weighted by molar-refractivity contribution is 7.92. The predicted molar refractivity (Wildman–Crippen MR) is 141 cm³/mol. The van der Waals surface area contributed by atoms with E-state index in [9.17, 15) is 36.3 Å². The van der Waals surface area contributed by atoms with Crippen molar-refractivity contribution in [3.63, 3.8) is 0 Å². The average Bonchev–Trinajstić information content (AvgIpc) is 3.41. The number of halogens is 3. The van der Waals surface area contributed by atoms with Gasteiger partial charge in [0.2, 0.25) is 5.91 Å². The Morgan fingerprint density at radius 3 is 1.98 bits per heavy atom. The lowest BCUT2D eigenvalue weighted by atomic mass is 9.81. The number of likely N-dealkylation sites (tertiary alicyclic amines) is 1. The summed E-state index contributed by atoms with van der Waals surface area (Å²) in [6.07, 6.45) is 1.65. The molecule has 1 amide bonds. The van der Waals surface area contributed by atoms with E-state index in [0.717, 1.165) is 24.3 Å². The Bertz CT molecular complexity index is 1510. The summed E-state index contributed by atoms with van der Waals surface area (Å²) in [6, 6.07) is 13.9. The molecule has 3 aromatic carbocycles. The average molecular weight is 572 g/mol. The Morgan fingerprint density at radius 2 is 1.40 bits per heavy atom. The molecule has 1 atom stereocenters. The minimum Gasteiger partial charge on any atom is -0.481 e. The minimum absolute atomic E-state index is 0.0658. The molecule has 3 aromatic rings. The van der Waals surface area contributed by atoms with Crippen LogP contribution < -0.4 is 0 Å². The van der Waals surface area contributed by atoms with Crippen LogP contribution >= 0.6 is 0 Å². The maximum atomic E-state index is 14.4. The summed E-state index contributed by atoms with van der Waals surface area (Å²) in [5, 5.41) is 9.28. The highest BCUT2D eigenvalue weighted by Gasteiger charge is 2.52. The summed E-state index contributed by atoms with van der Waals surface area (Å²) < 4.78 is 69.2. The van der Waals surface area contributed by atoms with Gasteiger partial charge in [-0.25, -0.2) is 21.6 Å². The molecular weight excluding hydrogens is 543 g/mol. The third-order valence-electron chi connectivity index (χ3n) is 8.27. The lowest BCUT2D eigenvalue weighted by molar-refractivity contribution is -0.145. The first-order chi connectivity index (χ1) is 19.0. The first-order valence-electron chi connectivity index (χ1n) is 13.1.